The molecule has 9 nitrogen and oxygen atoms in total. The quantitative estimate of drug-likeness (QED) is 0.516. The SMILES string of the molecule is CC(C)(C)CC(=O)N(CCN1CCOCC1)C1CC(C(=O)NC2CCC(N)CC2)N(C(=O)C2CC2)C1. The Morgan fingerprint density at radius 3 is 2.31 bits per heavy atom. The minimum Gasteiger partial charge on any atom is -0.379 e. The molecule has 36 heavy (non-hydrogen) atoms. The third-order valence-corrected chi connectivity index (χ3v) is 8.11. The molecule has 3 amide bonds. The lowest BCUT2D eigenvalue weighted by atomic mass is 9.91. The van der Waals surface area contributed by atoms with Crippen LogP contribution in [0.1, 0.15) is 72.1 Å². The van der Waals surface area contributed by atoms with Gasteiger partial charge < -0.3 is 25.6 Å². The molecule has 4 aliphatic rings. The highest BCUT2D eigenvalue weighted by atomic mass is 16.5. The molecule has 0 bridgehead atoms. The van der Waals surface area contributed by atoms with E-state index in [4.69, 9.17) is 10.5 Å². The van der Waals surface area contributed by atoms with Crippen LogP contribution in [0.15, 0.2) is 0 Å². The first-order valence-corrected chi connectivity index (χ1v) is 14.1. The first-order chi connectivity index (χ1) is 17.1. The Labute approximate surface area is 216 Å². The molecular formula is C27H47N5O4. The van der Waals surface area contributed by atoms with Crippen LogP contribution >= 0.6 is 0 Å². The van der Waals surface area contributed by atoms with Crippen LogP contribution in [0.2, 0.25) is 0 Å². The summed E-state index contributed by atoms with van der Waals surface area (Å²) in [6, 6.07) is -0.309. The van der Waals surface area contributed by atoms with Gasteiger partial charge in [0.1, 0.15) is 6.04 Å². The van der Waals surface area contributed by atoms with Gasteiger partial charge in [0.2, 0.25) is 17.7 Å². The largest absolute Gasteiger partial charge is 0.379 e. The Morgan fingerprint density at radius 2 is 1.69 bits per heavy atom. The van der Waals surface area contributed by atoms with Crippen LogP contribution in [-0.2, 0) is 19.1 Å². The number of morpholine rings is 1. The van der Waals surface area contributed by atoms with Crippen molar-refractivity contribution in [3.8, 4) is 0 Å². The molecule has 2 aliphatic heterocycles. The number of rotatable bonds is 8. The number of nitrogens with zero attached hydrogens (tertiary/aromatic N) is 3. The zero-order chi connectivity index (χ0) is 25.9. The first kappa shape index (κ1) is 27.3. The predicted octanol–water partition coefficient (Wildman–Crippen LogP) is 1.35. The molecule has 2 aliphatic carbocycles. The van der Waals surface area contributed by atoms with Crippen molar-refractivity contribution in [2.75, 3.05) is 45.9 Å². The maximum atomic E-state index is 13.5. The molecule has 0 radical (unpaired) electrons. The predicted molar refractivity (Wildman–Crippen MR) is 138 cm³/mol. The van der Waals surface area contributed by atoms with Crippen LogP contribution in [0.4, 0.5) is 0 Å². The highest BCUT2D eigenvalue weighted by Crippen LogP contribution is 2.35. The second-order valence-electron chi connectivity index (χ2n) is 12.6. The van der Waals surface area contributed by atoms with Crippen molar-refractivity contribution in [1.82, 2.24) is 20.0 Å². The Hall–Kier alpha value is -1.71. The first-order valence-electron chi connectivity index (χ1n) is 14.1. The number of hydrogen-bond donors (Lipinski definition) is 2. The zero-order valence-electron chi connectivity index (χ0n) is 22.5. The van der Waals surface area contributed by atoms with Crippen LogP contribution in [-0.4, -0.2) is 103 Å². The number of amides is 3. The molecule has 4 rings (SSSR count). The molecule has 9 heteroatoms. The minimum atomic E-state index is -0.507. The molecule has 0 aromatic carbocycles. The fourth-order valence-corrected chi connectivity index (χ4v) is 5.80. The molecule has 3 N–H and O–H groups in total. The summed E-state index contributed by atoms with van der Waals surface area (Å²) in [7, 11) is 0. The third kappa shape index (κ3) is 7.42. The fourth-order valence-electron chi connectivity index (χ4n) is 5.80. The Morgan fingerprint density at radius 1 is 1.03 bits per heavy atom. The van der Waals surface area contributed by atoms with Gasteiger partial charge in [0.05, 0.1) is 19.3 Å². The molecule has 0 spiro atoms. The normalized spacial score (nSPS) is 29.7. The summed E-state index contributed by atoms with van der Waals surface area (Å²) >= 11 is 0. The van der Waals surface area contributed by atoms with E-state index in [9.17, 15) is 14.4 Å². The van der Waals surface area contributed by atoms with Crippen molar-refractivity contribution in [1.29, 1.82) is 0 Å². The lowest BCUT2D eigenvalue weighted by molar-refractivity contribution is -0.140. The summed E-state index contributed by atoms with van der Waals surface area (Å²) < 4.78 is 5.48. The second-order valence-corrected chi connectivity index (χ2v) is 12.6. The summed E-state index contributed by atoms with van der Waals surface area (Å²) in [5.41, 5.74) is 5.91. The molecule has 2 saturated heterocycles. The standard InChI is InChI=1S/C27H47N5O4/c1-27(2,3)17-24(33)31(11-10-30-12-14-36-15-13-30)22-16-23(32(18-22)26(35)19-4-5-19)25(34)29-21-8-6-20(28)7-9-21/h19-23H,4-18,28H2,1-3H3,(H,29,34). The smallest absolute Gasteiger partial charge is 0.243 e. The third-order valence-electron chi connectivity index (χ3n) is 8.11. The van der Waals surface area contributed by atoms with Gasteiger partial charge in [-0.25, -0.2) is 0 Å². The van der Waals surface area contributed by atoms with Gasteiger partial charge in [0.15, 0.2) is 0 Å². The van der Waals surface area contributed by atoms with Crippen molar-refractivity contribution < 1.29 is 19.1 Å². The van der Waals surface area contributed by atoms with Crippen LogP contribution in [0.25, 0.3) is 0 Å². The zero-order valence-corrected chi connectivity index (χ0v) is 22.5. The van der Waals surface area contributed by atoms with Crippen LogP contribution < -0.4 is 11.1 Å². The summed E-state index contributed by atoms with van der Waals surface area (Å²) in [6.07, 6.45) is 6.36. The Balaban J connectivity index is 1.46. The summed E-state index contributed by atoms with van der Waals surface area (Å²) in [6.45, 7) is 11.3. The van der Waals surface area contributed by atoms with Gasteiger partial charge >= 0.3 is 0 Å². The van der Waals surface area contributed by atoms with E-state index in [1.165, 1.54) is 0 Å². The molecule has 0 aromatic heterocycles. The van der Waals surface area contributed by atoms with E-state index in [0.29, 0.717) is 25.9 Å². The lowest BCUT2D eigenvalue weighted by Crippen LogP contribution is -2.50. The van der Waals surface area contributed by atoms with Crippen molar-refractivity contribution in [3.63, 3.8) is 0 Å². The van der Waals surface area contributed by atoms with Crippen LogP contribution in [0, 0.1) is 11.3 Å². The topological polar surface area (TPSA) is 108 Å². The van der Waals surface area contributed by atoms with E-state index < -0.39 is 6.04 Å². The van der Waals surface area contributed by atoms with Gasteiger partial charge in [-0.2, -0.15) is 0 Å². The molecule has 2 heterocycles. The average Bonchev–Trinajstić information content (AvgIpc) is 3.58. The molecule has 204 valence electrons. The fraction of sp³-hybridized carbons (Fsp3) is 0.889. The molecule has 2 atom stereocenters. The minimum absolute atomic E-state index is 0.0406. The van der Waals surface area contributed by atoms with Crippen molar-refractivity contribution in [3.05, 3.63) is 0 Å². The maximum Gasteiger partial charge on any atom is 0.243 e. The van der Waals surface area contributed by atoms with E-state index >= 15 is 0 Å². The van der Waals surface area contributed by atoms with E-state index in [0.717, 1.165) is 71.4 Å². The van der Waals surface area contributed by atoms with Crippen molar-refractivity contribution in [2.45, 2.75) is 96.3 Å². The van der Waals surface area contributed by atoms with Crippen LogP contribution in [0.5, 0.6) is 0 Å². The highest BCUT2D eigenvalue weighted by Gasteiger charge is 2.47. The number of carbonyl (C=O) groups is 3. The monoisotopic (exact) mass is 505 g/mol. The van der Waals surface area contributed by atoms with Gasteiger partial charge in [-0.05, 0) is 50.4 Å². The molecular weight excluding hydrogens is 458 g/mol. The Kier molecular flexibility index (Phi) is 8.94. The van der Waals surface area contributed by atoms with E-state index in [2.05, 4.69) is 31.0 Å². The number of ether oxygens (including phenoxy) is 1. The van der Waals surface area contributed by atoms with Gasteiger partial charge in [-0.3, -0.25) is 19.3 Å². The Bertz CT molecular complexity index is 782. The number of nitrogens with one attached hydrogen (secondary N) is 1. The number of nitrogens with two attached hydrogens (primary N) is 1. The van der Waals surface area contributed by atoms with E-state index in [1.54, 1.807) is 4.90 Å². The highest BCUT2D eigenvalue weighted by molar-refractivity contribution is 5.90. The van der Waals surface area contributed by atoms with E-state index in [-0.39, 0.29) is 47.2 Å². The van der Waals surface area contributed by atoms with Gasteiger partial charge in [-0.15, -0.1) is 0 Å². The van der Waals surface area contributed by atoms with Gasteiger partial charge in [-0.1, -0.05) is 20.8 Å². The van der Waals surface area contributed by atoms with Gasteiger partial charge in [0.25, 0.3) is 0 Å². The van der Waals surface area contributed by atoms with E-state index in [1.807, 2.05) is 4.90 Å². The van der Waals surface area contributed by atoms with Crippen molar-refractivity contribution >= 4 is 17.7 Å². The van der Waals surface area contributed by atoms with Crippen LogP contribution in [0.3, 0.4) is 0 Å². The summed E-state index contributed by atoms with van der Waals surface area (Å²) in [4.78, 5) is 46.3. The van der Waals surface area contributed by atoms with Gasteiger partial charge in [0, 0.05) is 57.1 Å². The lowest BCUT2D eigenvalue weighted by Gasteiger charge is -2.34. The second kappa shape index (κ2) is 11.8. The summed E-state index contributed by atoms with van der Waals surface area (Å²) in [5.74, 6) is 0.170. The average molecular weight is 506 g/mol. The molecule has 2 saturated carbocycles. The molecule has 2 unspecified atom stereocenters. The molecule has 0 aromatic rings. The number of likely N-dealkylation sites (tertiary alicyclic amines) is 1. The maximum absolute atomic E-state index is 13.5. The molecule has 4 fully saturated rings. The summed E-state index contributed by atoms with van der Waals surface area (Å²) in [5, 5.41) is 3.22. The number of hydrogen-bond acceptors (Lipinski definition) is 6. The number of carbonyl (C=O) groups excluding carboxylic acids is 3. The van der Waals surface area contributed by atoms with Crippen molar-refractivity contribution in [2.24, 2.45) is 17.1 Å².